The highest BCUT2D eigenvalue weighted by Crippen LogP contribution is 2.37. The third-order valence-corrected chi connectivity index (χ3v) is 8.08. The summed E-state index contributed by atoms with van der Waals surface area (Å²) in [5.41, 5.74) is 0. The fourth-order valence-electron chi connectivity index (χ4n) is 1.10. The van der Waals surface area contributed by atoms with E-state index in [0.29, 0.717) is 4.83 Å². The summed E-state index contributed by atoms with van der Waals surface area (Å²) in [6.45, 7) is 6.54. The minimum atomic E-state index is -0.0635. The Bertz CT molecular complexity index is 188. The van der Waals surface area contributed by atoms with Crippen LogP contribution >= 0.6 is 63.7 Å². The molecule has 0 amide bonds. The van der Waals surface area contributed by atoms with E-state index in [0.717, 1.165) is 12.8 Å². The van der Waals surface area contributed by atoms with E-state index in [2.05, 4.69) is 84.5 Å². The lowest BCUT2D eigenvalue weighted by atomic mass is 9.97. The van der Waals surface area contributed by atoms with Crippen molar-refractivity contribution in [1.29, 1.82) is 0 Å². The average molecular weight is 474 g/mol. The van der Waals surface area contributed by atoms with Gasteiger partial charge in [-0.2, -0.15) is 0 Å². The lowest BCUT2D eigenvalue weighted by Crippen LogP contribution is -2.34. The average Bonchev–Trinajstić information content (AvgIpc) is 2.11. The number of aliphatic hydroxyl groups is 1. The van der Waals surface area contributed by atoms with Crippen molar-refractivity contribution < 1.29 is 5.11 Å². The molecular weight excluding hydrogens is 456 g/mol. The van der Waals surface area contributed by atoms with Crippen molar-refractivity contribution in [3.8, 4) is 0 Å². The van der Waals surface area contributed by atoms with E-state index in [-0.39, 0.29) is 20.1 Å². The normalized spacial score (nSPS) is 20.8. The van der Waals surface area contributed by atoms with Crippen molar-refractivity contribution in [1.82, 2.24) is 0 Å². The first kappa shape index (κ1) is 16.9. The maximum Gasteiger partial charge on any atom is 0.0569 e. The molecule has 0 spiro atoms. The van der Waals surface area contributed by atoms with E-state index < -0.39 is 0 Å². The van der Waals surface area contributed by atoms with Crippen LogP contribution in [0.3, 0.4) is 0 Å². The van der Waals surface area contributed by atoms with Gasteiger partial charge in [-0.15, -0.1) is 0 Å². The molecule has 0 aromatic heterocycles. The van der Waals surface area contributed by atoms with Crippen LogP contribution in [0.5, 0.6) is 0 Å². The molecule has 0 fully saturated rings. The van der Waals surface area contributed by atoms with Crippen molar-refractivity contribution in [2.24, 2.45) is 0 Å². The van der Waals surface area contributed by atoms with E-state index in [1.54, 1.807) is 0 Å². The number of halogens is 4. The first-order chi connectivity index (χ1) is 6.61. The fourth-order valence-corrected chi connectivity index (χ4v) is 2.16. The fraction of sp³-hybridized carbons (Fsp3) is 1.00. The molecule has 0 aromatic rings. The van der Waals surface area contributed by atoms with Crippen molar-refractivity contribution >= 4 is 63.7 Å². The van der Waals surface area contributed by atoms with Crippen molar-refractivity contribution in [3.63, 3.8) is 0 Å². The monoisotopic (exact) mass is 470 g/mol. The van der Waals surface area contributed by atoms with Gasteiger partial charge in [-0.3, -0.25) is 0 Å². The minimum Gasteiger partial charge on any atom is -0.395 e. The molecule has 1 N–H and O–H groups in total. The number of hydrogen-bond donors (Lipinski definition) is 1. The summed E-state index contributed by atoms with van der Waals surface area (Å²) in [6.07, 6.45) is 2.04. The van der Waals surface area contributed by atoms with Gasteiger partial charge in [0.05, 0.1) is 11.4 Å². The predicted octanol–water partition coefficient (Wildman–Crippen LogP) is 4.61. The third kappa shape index (κ3) is 6.39. The molecule has 0 aliphatic rings. The predicted molar refractivity (Wildman–Crippen MR) is 82.1 cm³/mol. The van der Waals surface area contributed by atoms with Crippen LogP contribution in [-0.2, 0) is 0 Å². The van der Waals surface area contributed by atoms with Crippen LogP contribution in [0.15, 0.2) is 0 Å². The molecular formula is C10H18Br4O. The Hall–Kier alpha value is 1.88. The molecule has 5 heteroatoms. The molecule has 3 atom stereocenters. The van der Waals surface area contributed by atoms with Crippen LogP contribution in [0, 0.1) is 0 Å². The zero-order chi connectivity index (χ0) is 12.3. The van der Waals surface area contributed by atoms with Gasteiger partial charge < -0.3 is 5.11 Å². The lowest BCUT2D eigenvalue weighted by molar-refractivity contribution is 0.278. The van der Waals surface area contributed by atoms with Crippen LogP contribution in [0.2, 0.25) is 0 Å². The molecule has 0 radical (unpaired) electrons. The van der Waals surface area contributed by atoms with E-state index in [1.807, 2.05) is 0 Å². The number of alkyl halides is 4. The van der Waals surface area contributed by atoms with Crippen LogP contribution in [0.25, 0.3) is 0 Å². The molecule has 0 unspecified atom stereocenters. The Morgan fingerprint density at radius 1 is 1.07 bits per heavy atom. The Kier molecular flexibility index (Phi) is 7.56. The van der Waals surface area contributed by atoms with Gasteiger partial charge in [-0.05, 0) is 33.6 Å². The van der Waals surface area contributed by atoms with Gasteiger partial charge in [0.1, 0.15) is 0 Å². The quantitative estimate of drug-likeness (QED) is 0.558. The maximum atomic E-state index is 9.10. The van der Waals surface area contributed by atoms with Gasteiger partial charge in [0.15, 0.2) is 0 Å². The first-order valence-corrected chi connectivity index (χ1v) is 8.30. The summed E-state index contributed by atoms with van der Waals surface area (Å²) < 4.78 is 0.0309. The van der Waals surface area contributed by atoms with Crippen LogP contribution < -0.4 is 0 Å². The second kappa shape index (κ2) is 6.72. The van der Waals surface area contributed by atoms with Gasteiger partial charge in [-0.25, -0.2) is 0 Å². The Morgan fingerprint density at radius 3 is 1.87 bits per heavy atom. The van der Waals surface area contributed by atoms with Gasteiger partial charge in [0.2, 0.25) is 0 Å². The molecule has 92 valence electrons. The molecule has 15 heavy (non-hydrogen) atoms. The van der Waals surface area contributed by atoms with Crippen LogP contribution in [-0.4, -0.2) is 30.0 Å². The van der Waals surface area contributed by atoms with Crippen LogP contribution in [0.1, 0.15) is 33.6 Å². The molecule has 0 rings (SSSR count). The molecule has 0 saturated carbocycles. The highest BCUT2D eigenvalue weighted by Gasteiger charge is 2.32. The second-order valence-electron chi connectivity index (χ2n) is 4.50. The smallest absolute Gasteiger partial charge is 0.0569 e. The van der Waals surface area contributed by atoms with Crippen molar-refractivity contribution in [3.05, 3.63) is 0 Å². The summed E-state index contributed by atoms with van der Waals surface area (Å²) in [5, 5.41) is 9.10. The standard InChI is InChI=1S/C10H18Br4O/c1-9(2,13)7(11)4-5-10(3,14)8(12)6-15/h7-8,15H,4-6H2,1-3H3/t7-,8-,10-/m0/s1. The largest absolute Gasteiger partial charge is 0.395 e. The molecule has 0 bridgehead atoms. The highest BCUT2D eigenvalue weighted by atomic mass is 79.9. The summed E-state index contributed by atoms with van der Waals surface area (Å²) in [5.74, 6) is 0. The molecule has 0 aliphatic carbocycles. The maximum absolute atomic E-state index is 9.10. The third-order valence-electron chi connectivity index (χ3n) is 2.44. The van der Waals surface area contributed by atoms with Gasteiger partial charge >= 0.3 is 0 Å². The summed E-state index contributed by atoms with van der Waals surface area (Å²) in [4.78, 5) is 0.503. The molecule has 0 aromatic carbocycles. The summed E-state index contributed by atoms with van der Waals surface area (Å²) >= 11 is 14.5. The van der Waals surface area contributed by atoms with E-state index in [9.17, 15) is 0 Å². The summed E-state index contributed by atoms with van der Waals surface area (Å²) in [6, 6.07) is 0. The number of rotatable bonds is 6. The number of aliphatic hydroxyl groups excluding tert-OH is 1. The Balaban J connectivity index is 4.15. The van der Waals surface area contributed by atoms with Crippen molar-refractivity contribution in [2.75, 3.05) is 6.61 Å². The minimum absolute atomic E-state index is 0.0635. The number of hydrogen-bond acceptors (Lipinski definition) is 1. The Labute approximate surface area is 126 Å². The molecule has 1 nitrogen and oxygen atoms in total. The topological polar surface area (TPSA) is 20.2 Å². The molecule has 0 heterocycles. The van der Waals surface area contributed by atoms with E-state index in [4.69, 9.17) is 5.11 Å². The van der Waals surface area contributed by atoms with E-state index in [1.165, 1.54) is 0 Å². The van der Waals surface area contributed by atoms with Gasteiger partial charge in [0.25, 0.3) is 0 Å². The highest BCUT2D eigenvalue weighted by molar-refractivity contribution is 9.13. The molecule has 0 aliphatic heterocycles. The molecule has 0 saturated heterocycles. The van der Waals surface area contributed by atoms with Gasteiger partial charge in [0, 0.05) is 13.5 Å². The van der Waals surface area contributed by atoms with Gasteiger partial charge in [-0.1, -0.05) is 63.7 Å². The van der Waals surface area contributed by atoms with Crippen LogP contribution in [0.4, 0.5) is 0 Å². The summed E-state index contributed by atoms with van der Waals surface area (Å²) in [7, 11) is 0. The van der Waals surface area contributed by atoms with Crippen molar-refractivity contribution in [2.45, 2.75) is 51.9 Å². The zero-order valence-electron chi connectivity index (χ0n) is 9.24. The SMILES string of the molecule is CC(C)(Br)[C@@H](Br)CC[C@](C)(Br)[C@@H](Br)CO. The first-order valence-electron chi connectivity index (χ1n) is 4.88. The van der Waals surface area contributed by atoms with E-state index >= 15 is 0 Å². The Morgan fingerprint density at radius 2 is 1.53 bits per heavy atom. The zero-order valence-corrected chi connectivity index (χ0v) is 15.6. The second-order valence-corrected chi connectivity index (χ2v) is 10.6. The lowest BCUT2D eigenvalue weighted by Gasteiger charge is -2.30.